The molecule has 134 valence electrons. The van der Waals surface area contributed by atoms with Crippen molar-refractivity contribution in [2.75, 3.05) is 12.4 Å². The summed E-state index contributed by atoms with van der Waals surface area (Å²) in [5.41, 5.74) is 3.16. The van der Waals surface area contributed by atoms with E-state index in [1.807, 2.05) is 66.7 Å². The SMILES string of the molecule is COc1cc(CNc2ccccc2)c(Br)cc1OCc1cccc(Cl)c1. The highest BCUT2D eigenvalue weighted by atomic mass is 79.9. The molecule has 0 saturated carbocycles. The number of hydrogen-bond donors (Lipinski definition) is 1. The summed E-state index contributed by atoms with van der Waals surface area (Å²) in [7, 11) is 1.64. The molecule has 3 rings (SSSR count). The van der Waals surface area contributed by atoms with Crippen LogP contribution in [-0.2, 0) is 13.2 Å². The topological polar surface area (TPSA) is 30.5 Å². The molecule has 0 radical (unpaired) electrons. The number of para-hydroxylation sites is 1. The molecule has 0 unspecified atom stereocenters. The van der Waals surface area contributed by atoms with Crippen molar-refractivity contribution < 1.29 is 9.47 Å². The van der Waals surface area contributed by atoms with Crippen molar-refractivity contribution in [2.45, 2.75) is 13.2 Å². The average Bonchev–Trinajstić information content (AvgIpc) is 2.66. The Bertz CT molecular complexity index is 871. The maximum absolute atomic E-state index is 6.02. The zero-order valence-corrected chi connectivity index (χ0v) is 16.7. The van der Waals surface area contributed by atoms with E-state index in [4.69, 9.17) is 21.1 Å². The third-order valence-corrected chi connectivity index (χ3v) is 4.85. The van der Waals surface area contributed by atoms with Crippen molar-refractivity contribution in [2.24, 2.45) is 0 Å². The van der Waals surface area contributed by atoms with Crippen molar-refractivity contribution in [3.8, 4) is 11.5 Å². The van der Waals surface area contributed by atoms with E-state index >= 15 is 0 Å². The van der Waals surface area contributed by atoms with Crippen molar-refractivity contribution >= 4 is 33.2 Å². The van der Waals surface area contributed by atoms with Gasteiger partial charge in [-0.2, -0.15) is 0 Å². The van der Waals surface area contributed by atoms with E-state index in [1.165, 1.54) is 0 Å². The standard InChI is InChI=1S/C21H19BrClNO2/c1-25-20-11-16(13-24-18-8-3-2-4-9-18)19(22)12-21(20)26-14-15-6-5-7-17(23)10-15/h2-12,24H,13-14H2,1H3. The summed E-state index contributed by atoms with van der Waals surface area (Å²) in [5, 5.41) is 4.09. The third-order valence-electron chi connectivity index (χ3n) is 3.87. The van der Waals surface area contributed by atoms with Crippen LogP contribution in [0.4, 0.5) is 5.69 Å². The van der Waals surface area contributed by atoms with E-state index in [1.54, 1.807) is 7.11 Å². The molecule has 0 saturated heterocycles. The van der Waals surface area contributed by atoms with E-state index in [9.17, 15) is 0 Å². The molecule has 3 nitrogen and oxygen atoms in total. The van der Waals surface area contributed by atoms with Gasteiger partial charge in [-0.25, -0.2) is 0 Å². The molecular weight excluding hydrogens is 414 g/mol. The largest absolute Gasteiger partial charge is 0.493 e. The minimum absolute atomic E-state index is 0.422. The number of halogens is 2. The fourth-order valence-electron chi connectivity index (χ4n) is 2.53. The molecule has 0 fully saturated rings. The van der Waals surface area contributed by atoms with Gasteiger partial charge in [0.25, 0.3) is 0 Å². The number of anilines is 1. The summed E-state index contributed by atoms with van der Waals surface area (Å²) in [6.07, 6.45) is 0. The van der Waals surface area contributed by atoms with Gasteiger partial charge >= 0.3 is 0 Å². The van der Waals surface area contributed by atoms with Crippen LogP contribution in [0.15, 0.2) is 71.2 Å². The molecule has 0 atom stereocenters. The minimum Gasteiger partial charge on any atom is -0.493 e. The van der Waals surface area contributed by atoms with E-state index in [0.717, 1.165) is 21.3 Å². The van der Waals surface area contributed by atoms with Gasteiger partial charge in [-0.05, 0) is 47.5 Å². The highest BCUT2D eigenvalue weighted by Crippen LogP contribution is 2.34. The highest BCUT2D eigenvalue weighted by Gasteiger charge is 2.11. The normalized spacial score (nSPS) is 10.4. The second kappa shape index (κ2) is 8.97. The Kier molecular flexibility index (Phi) is 6.42. The Morgan fingerprint density at radius 3 is 2.50 bits per heavy atom. The van der Waals surface area contributed by atoms with Crippen molar-refractivity contribution in [1.82, 2.24) is 0 Å². The molecule has 26 heavy (non-hydrogen) atoms. The molecule has 0 aliphatic heterocycles. The van der Waals surface area contributed by atoms with Crippen LogP contribution in [0.2, 0.25) is 5.02 Å². The first kappa shape index (κ1) is 18.6. The predicted octanol–water partition coefficient (Wildman–Crippen LogP) is 6.30. The predicted molar refractivity (Wildman–Crippen MR) is 110 cm³/mol. The second-order valence-corrected chi connectivity index (χ2v) is 7.02. The summed E-state index contributed by atoms with van der Waals surface area (Å²) in [4.78, 5) is 0. The van der Waals surface area contributed by atoms with E-state index in [-0.39, 0.29) is 0 Å². The van der Waals surface area contributed by atoms with E-state index in [2.05, 4.69) is 21.2 Å². The fraction of sp³-hybridized carbons (Fsp3) is 0.143. The highest BCUT2D eigenvalue weighted by molar-refractivity contribution is 9.10. The molecule has 3 aromatic carbocycles. The zero-order valence-electron chi connectivity index (χ0n) is 14.3. The van der Waals surface area contributed by atoms with Gasteiger partial charge in [0.05, 0.1) is 7.11 Å². The number of hydrogen-bond acceptors (Lipinski definition) is 3. The lowest BCUT2D eigenvalue weighted by atomic mass is 10.2. The molecule has 0 aliphatic carbocycles. The fourth-order valence-corrected chi connectivity index (χ4v) is 3.20. The molecule has 0 spiro atoms. The molecule has 1 N–H and O–H groups in total. The third kappa shape index (κ3) is 4.93. The van der Waals surface area contributed by atoms with E-state index in [0.29, 0.717) is 29.7 Å². The van der Waals surface area contributed by atoms with Gasteiger partial charge in [0.2, 0.25) is 0 Å². The lowest BCUT2D eigenvalue weighted by molar-refractivity contribution is 0.284. The van der Waals surface area contributed by atoms with Crippen LogP contribution < -0.4 is 14.8 Å². The van der Waals surface area contributed by atoms with Gasteiger partial charge in [-0.15, -0.1) is 0 Å². The maximum Gasteiger partial charge on any atom is 0.162 e. The molecule has 0 aliphatic rings. The van der Waals surface area contributed by atoms with Crippen LogP contribution in [0.3, 0.4) is 0 Å². The summed E-state index contributed by atoms with van der Waals surface area (Å²) in [6.45, 7) is 1.10. The number of rotatable bonds is 7. The Labute approximate surface area is 167 Å². The lowest BCUT2D eigenvalue weighted by Crippen LogP contribution is -2.03. The molecule has 3 aromatic rings. The van der Waals surface area contributed by atoms with Crippen LogP contribution >= 0.6 is 27.5 Å². The van der Waals surface area contributed by atoms with Crippen LogP contribution in [0.5, 0.6) is 11.5 Å². The summed E-state index contributed by atoms with van der Waals surface area (Å²) in [5.74, 6) is 1.38. The van der Waals surface area contributed by atoms with Crippen LogP contribution in [-0.4, -0.2) is 7.11 Å². The van der Waals surface area contributed by atoms with Crippen LogP contribution in [0.1, 0.15) is 11.1 Å². The molecule has 0 aromatic heterocycles. The number of nitrogens with one attached hydrogen (secondary N) is 1. The van der Waals surface area contributed by atoms with Crippen LogP contribution in [0.25, 0.3) is 0 Å². The van der Waals surface area contributed by atoms with Gasteiger partial charge in [0, 0.05) is 21.7 Å². The van der Waals surface area contributed by atoms with Crippen LogP contribution in [0, 0.1) is 0 Å². The van der Waals surface area contributed by atoms with Crippen molar-refractivity contribution in [3.63, 3.8) is 0 Å². The first-order valence-corrected chi connectivity index (χ1v) is 9.35. The first-order chi connectivity index (χ1) is 12.7. The van der Waals surface area contributed by atoms with Gasteiger partial charge in [0.15, 0.2) is 11.5 Å². The summed E-state index contributed by atoms with van der Waals surface area (Å²) >= 11 is 9.65. The Balaban J connectivity index is 1.72. The lowest BCUT2D eigenvalue weighted by Gasteiger charge is -2.15. The summed E-state index contributed by atoms with van der Waals surface area (Å²) in [6, 6.07) is 21.6. The first-order valence-electron chi connectivity index (χ1n) is 8.18. The molecule has 0 heterocycles. The molecule has 0 bridgehead atoms. The number of methoxy groups -OCH3 is 1. The number of ether oxygens (including phenoxy) is 2. The Morgan fingerprint density at radius 1 is 0.962 bits per heavy atom. The average molecular weight is 433 g/mol. The Morgan fingerprint density at radius 2 is 1.77 bits per heavy atom. The van der Waals surface area contributed by atoms with Gasteiger partial charge in [-0.1, -0.05) is 57.9 Å². The van der Waals surface area contributed by atoms with Gasteiger partial charge in [0.1, 0.15) is 6.61 Å². The van der Waals surface area contributed by atoms with Crippen molar-refractivity contribution in [3.05, 3.63) is 87.4 Å². The van der Waals surface area contributed by atoms with Gasteiger partial charge in [-0.3, -0.25) is 0 Å². The maximum atomic E-state index is 6.02. The second-order valence-electron chi connectivity index (χ2n) is 5.73. The Hall–Kier alpha value is -2.17. The summed E-state index contributed by atoms with van der Waals surface area (Å²) < 4.78 is 12.4. The van der Waals surface area contributed by atoms with Crippen molar-refractivity contribution in [1.29, 1.82) is 0 Å². The molecule has 5 heteroatoms. The quantitative estimate of drug-likeness (QED) is 0.475. The van der Waals surface area contributed by atoms with E-state index < -0.39 is 0 Å². The smallest absolute Gasteiger partial charge is 0.162 e. The molecular formula is C21H19BrClNO2. The van der Waals surface area contributed by atoms with Gasteiger partial charge < -0.3 is 14.8 Å². The minimum atomic E-state index is 0.422. The zero-order chi connectivity index (χ0) is 18.4. The number of benzene rings is 3. The molecule has 0 amide bonds. The monoisotopic (exact) mass is 431 g/mol.